The Morgan fingerprint density at radius 1 is 1.45 bits per heavy atom. The SMILES string of the molecule is CCC(N[C]=O)NCC(C)C. The van der Waals surface area contributed by atoms with Gasteiger partial charge in [0.15, 0.2) is 0 Å². The monoisotopic (exact) mass is 157 g/mol. The van der Waals surface area contributed by atoms with Crippen LogP contribution in [0.4, 0.5) is 0 Å². The average molecular weight is 157 g/mol. The molecule has 0 aliphatic heterocycles. The summed E-state index contributed by atoms with van der Waals surface area (Å²) >= 11 is 0. The molecule has 0 aromatic carbocycles. The first-order chi connectivity index (χ1) is 5.20. The number of hydrogen-bond donors (Lipinski definition) is 2. The lowest BCUT2D eigenvalue weighted by Crippen LogP contribution is -2.42. The molecule has 11 heavy (non-hydrogen) atoms. The molecule has 0 aliphatic carbocycles. The highest BCUT2D eigenvalue weighted by atomic mass is 16.1. The van der Waals surface area contributed by atoms with Gasteiger partial charge >= 0.3 is 6.41 Å². The zero-order valence-corrected chi connectivity index (χ0v) is 7.48. The van der Waals surface area contributed by atoms with Crippen LogP contribution >= 0.6 is 0 Å². The second-order valence-electron chi connectivity index (χ2n) is 3.01. The lowest BCUT2D eigenvalue weighted by Gasteiger charge is -2.16. The summed E-state index contributed by atoms with van der Waals surface area (Å²) in [6, 6.07) is 0. The molecule has 0 saturated heterocycles. The minimum absolute atomic E-state index is 0.0786. The molecule has 3 heteroatoms. The summed E-state index contributed by atoms with van der Waals surface area (Å²) in [7, 11) is 0. The Hall–Kier alpha value is -0.570. The molecule has 0 aromatic heterocycles. The van der Waals surface area contributed by atoms with Crippen LogP contribution in [0, 0.1) is 5.92 Å². The van der Waals surface area contributed by atoms with E-state index in [0.717, 1.165) is 13.0 Å². The molecule has 1 amide bonds. The molecule has 1 atom stereocenters. The second kappa shape index (κ2) is 6.16. The molecule has 1 unspecified atom stereocenters. The van der Waals surface area contributed by atoms with E-state index in [1.165, 1.54) is 0 Å². The molecule has 2 N–H and O–H groups in total. The third-order valence-corrected chi connectivity index (χ3v) is 1.41. The molecule has 0 saturated carbocycles. The number of rotatable bonds is 6. The van der Waals surface area contributed by atoms with Crippen LogP contribution in [0.2, 0.25) is 0 Å². The van der Waals surface area contributed by atoms with Crippen molar-refractivity contribution in [3.63, 3.8) is 0 Å². The van der Waals surface area contributed by atoms with Gasteiger partial charge in [0.05, 0.1) is 6.17 Å². The second-order valence-corrected chi connectivity index (χ2v) is 3.01. The zero-order valence-electron chi connectivity index (χ0n) is 7.48. The van der Waals surface area contributed by atoms with Crippen molar-refractivity contribution in [3.05, 3.63) is 0 Å². The van der Waals surface area contributed by atoms with E-state index in [1.54, 1.807) is 6.41 Å². The van der Waals surface area contributed by atoms with Gasteiger partial charge in [-0.1, -0.05) is 20.8 Å². The van der Waals surface area contributed by atoms with Crippen LogP contribution in [0.25, 0.3) is 0 Å². The van der Waals surface area contributed by atoms with Crippen molar-refractivity contribution in [3.8, 4) is 0 Å². The summed E-state index contributed by atoms with van der Waals surface area (Å²) in [5, 5.41) is 5.77. The highest BCUT2D eigenvalue weighted by Gasteiger charge is 2.03. The van der Waals surface area contributed by atoms with Gasteiger partial charge < -0.3 is 5.32 Å². The fourth-order valence-corrected chi connectivity index (χ4v) is 0.747. The largest absolute Gasteiger partial charge is 0.333 e. The van der Waals surface area contributed by atoms with E-state index in [2.05, 4.69) is 24.5 Å². The van der Waals surface area contributed by atoms with Crippen molar-refractivity contribution in [2.24, 2.45) is 5.92 Å². The van der Waals surface area contributed by atoms with E-state index in [-0.39, 0.29) is 6.17 Å². The molecule has 3 nitrogen and oxygen atoms in total. The van der Waals surface area contributed by atoms with Crippen LogP contribution in [-0.4, -0.2) is 19.1 Å². The standard InChI is InChI=1S/C8H17N2O/c1-4-8(10-6-11)9-5-7(2)3/h7-9H,4-5H2,1-3H3,(H,10,11). The van der Waals surface area contributed by atoms with Crippen molar-refractivity contribution in [1.29, 1.82) is 0 Å². The first-order valence-corrected chi connectivity index (χ1v) is 4.06. The summed E-state index contributed by atoms with van der Waals surface area (Å²) in [6.07, 6.45) is 2.65. The topological polar surface area (TPSA) is 41.1 Å². The molecular weight excluding hydrogens is 140 g/mol. The van der Waals surface area contributed by atoms with Gasteiger partial charge in [-0.25, -0.2) is 0 Å². The van der Waals surface area contributed by atoms with E-state index >= 15 is 0 Å². The van der Waals surface area contributed by atoms with E-state index in [0.29, 0.717) is 5.92 Å². The predicted octanol–water partition coefficient (Wildman–Crippen LogP) is 0.625. The van der Waals surface area contributed by atoms with E-state index in [1.807, 2.05) is 6.92 Å². The van der Waals surface area contributed by atoms with Gasteiger partial charge in [-0.05, 0) is 18.9 Å². The van der Waals surface area contributed by atoms with Crippen molar-refractivity contribution in [2.75, 3.05) is 6.54 Å². The Bertz CT molecular complexity index is 104. The third kappa shape index (κ3) is 5.85. The maximum absolute atomic E-state index is 9.94. The maximum Gasteiger partial charge on any atom is 0.310 e. The third-order valence-electron chi connectivity index (χ3n) is 1.41. The highest BCUT2D eigenvalue weighted by Crippen LogP contribution is 1.90. The van der Waals surface area contributed by atoms with Gasteiger partial charge in [-0.2, -0.15) is 0 Å². The Morgan fingerprint density at radius 3 is 2.45 bits per heavy atom. The minimum atomic E-state index is 0.0786. The van der Waals surface area contributed by atoms with Crippen LogP contribution in [0.15, 0.2) is 0 Å². The molecule has 0 spiro atoms. The van der Waals surface area contributed by atoms with Crippen molar-refractivity contribution >= 4 is 6.41 Å². The Labute approximate surface area is 68.6 Å². The molecule has 1 radical (unpaired) electrons. The van der Waals surface area contributed by atoms with Gasteiger partial charge in [0.2, 0.25) is 0 Å². The quantitative estimate of drug-likeness (QED) is 0.438. The fourth-order valence-electron chi connectivity index (χ4n) is 0.747. The summed E-state index contributed by atoms with van der Waals surface area (Å²) in [4.78, 5) is 9.94. The summed E-state index contributed by atoms with van der Waals surface area (Å²) < 4.78 is 0. The van der Waals surface area contributed by atoms with Gasteiger partial charge in [0, 0.05) is 0 Å². The molecular formula is C8H17N2O. The Balaban J connectivity index is 3.43. The molecule has 0 aliphatic rings. The molecule has 0 heterocycles. The van der Waals surface area contributed by atoms with Crippen LogP contribution in [0.3, 0.4) is 0 Å². The van der Waals surface area contributed by atoms with Crippen LogP contribution in [-0.2, 0) is 4.79 Å². The lowest BCUT2D eigenvalue weighted by molar-refractivity contribution is 0.420. The zero-order chi connectivity index (χ0) is 8.69. The lowest BCUT2D eigenvalue weighted by atomic mass is 10.2. The number of amides is 1. The molecule has 0 bridgehead atoms. The van der Waals surface area contributed by atoms with Crippen LogP contribution in [0.5, 0.6) is 0 Å². The van der Waals surface area contributed by atoms with Gasteiger partial charge in [0.25, 0.3) is 0 Å². The molecule has 0 aromatic rings. The van der Waals surface area contributed by atoms with E-state index in [4.69, 9.17) is 0 Å². The normalized spacial score (nSPS) is 13.1. The summed E-state index contributed by atoms with van der Waals surface area (Å²) in [5.74, 6) is 0.609. The molecule has 65 valence electrons. The van der Waals surface area contributed by atoms with E-state index < -0.39 is 0 Å². The fraction of sp³-hybridized carbons (Fsp3) is 0.875. The average Bonchev–Trinajstić information content (AvgIpc) is 1.97. The smallest absolute Gasteiger partial charge is 0.310 e. The van der Waals surface area contributed by atoms with Crippen molar-refractivity contribution in [2.45, 2.75) is 33.4 Å². The van der Waals surface area contributed by atoms with Gasteiger partial charge in [-0.15, -0.1) is 0 Å². The minimum Gasteiger partial charge on any atom is -0.333 e. The van der Waals surface area contributed by atoms with Gasteiger partial charge in [-0.3, -0.25) is 10.1 Å². The Kier molecular flexibility index (Phi) is 5.84. The van der Waals surface area contributed by atoms with Gasteiger partial charge in [0.1, 0.15) is 0 Å². The highest BCUT2D eigenvalue weighted by molar-refractivity contribution is 5.47. The first kappa shape index (κ1) is 10.4. The molecule has 0 fully saturated rings. The number of nitrogens with one attached hydrogen (secondary N) is 2. The van der Waals surface area contributed by atoms with Crippen molar-refractivity contribution < 1.29 is 4.79 Å². The predicted molar refractivity (Wildman–Crippen MR) is 45.7 cm³/mol. The number of carbonyl (C=O) groups excluding carboxylic acids is 1. The van der Waals surface area contributed by atoms with E-state index in [9.17, 15) is 4.79 Å². The Morgan fingerprint density at radius 2 is 2.09 bits per heavy atom. The first-order valence-electron chi connectivity index (χ1n) is 4.06. The number of hydrogen-bond acceptors (Lipinski definition) is 2. The van der Waals surface area contributed by atoms with Crippen molar-refractivity contribution in [1.82, 2.24) is 10.6 Å². The van der Waals surface area contributed by atoms with Crippen LogP contribution in [0.1, 0.15) is 27.2 Å². The maximum atomic E-state index is 9.94. The van der Waals surface area contributed by atoms with Crippen LogP contribution < -0.4 is 10.6 Å². The summed E-state index contributed by atoms with van der Waals surface area (Å²) in [5.41, 5.74) is 0. The summed E-state index contributed by atoms with van der Waals surface area (Å²) in [6.45, 7) is 7.20. The molecule has 0 rings (SSSR count).